The first kappa shape index (κ1) is 15.5. The van der Waals surface area contributed by atoms with Crippen molar-refractivity contribution in [2.24, 2.45) is 0 Å². The number of aromatic nitrogens is 1. The van der Waals surface area contributed by atoms with E-state index in [1.165, 1.54) is 6.42 Å². The maximum absolute atomic E-state index is 6.16. The number of rotatable bonds is 7. The number of unbranched alkanes of at least 4 members (excludes halogenated alkanes) is 1. The molecule has 3 nitrogen and oxygen atoms in total. The zero-order valence-corrected chi connectivity index (χ0v) is 13.9. The first-order valence-corrected chi connectivity index (χ1v) is 8.26. The number of halogens is 1. The second-order valence-electron chi connectivity index (χ2n) is 5.32. The van der Waals surface area contributed by atoms with Gasteiger partial charge in [-0.15, -0.1) is 0 Å². The standard InChI is InChI=1S/C15H22ClN3S/c1-11(2)19(3)10-5-4-9-17-15-18-13-8-6-7-12(16)14(13)20-15/h6-8,11H,4-5,9-10H2,1-3H3,(H,17,18). The van der Waals surface area contributed by atoms with Gasteiger partial charge in [0.2, 0.25) is 0 Å². The third-order valence-corrected chi connectivity index (χ3v) is 4.95. The molecular weight excluding hydrogens is 290 g/mol. The summed E-state index contributed by atoms with van der Waals surface area (Å²) in [5.41, 5.74) is 0.976. The van der Waals surface area contributed by atoms with Gasteiger partial charge in [0.05, 0.1) is 15.2 Å². The second-order valence-corrected chi connectivity index (χ2v) is 6.72. The normalized spacial score (nSPS) is 11.7. The van der Waals surface area contributed by atoms with E-state index in [0.717, 1.165) is 39.9 Å². The number of hydrogen-bond donors (Lipinski definition) is 1. The summed E-state index contributed by atoms with van der Waals surface area (Å²) in [5.74, 6) is 0. The van der Waals surface area contributed by atoms with E-state index >= 15 is 0 Å². The highest BCUT2D eigenvalue weighted by Crippen LogP contribution is 2.31. The lowest BCUT2D eigenvalue weighted by molar-refractivity contribution is 0.269. The van der Waals surface area contributed by atoms with Crippen LogP contribution in [-0.4, -0.2) is 36.1 Å². The Bertz CT molecular complexity index is 553. The Morgan fingerprint density at radius 3 is 2.85 bits per heavy atom. The Labute approximate surface area is 130 Å². The molecule has 0 bridgehead atoms. The molecule has 0 saturated heterocycles. The smallest absolute Gasteiger partial charge is 0.183 e. The van der Waals surface area contributed by atoms with Gasteiger partial charge in [-0.2, -0.15) is 0 Å². The molecule has 20 heavy (non-hydrogen) atoms. The highest BCUT2D eigenvalue weighted by Gasteiger charge is 2.06. The minimum Gasteiger partial charge on any atom is -0.361 e. The van der Waals surface area contributed by atoms with Crippen molar-refractivity contribution in [3.05, 3.63) is 23.2 Å². The molecule has 0 amide bonds. The van der Waals surface area contributed by atoms with E-state index < -0.39 is 0 Å². The average molecular weight is 312 g/mol. The van der Waals surface area contributed by atoms with Gasteiger partial charge in [0.15, 0.2) is 5.13 Å². The molecule has 1 heterocycles. The number of hydrogen-bond acceptors (Lipinski definition) is 4. The van der Waals surface area contributed by atoms with Crippen LogP contribution in [0.5, 0.6) is 0 Å². The quantitative estimate of drug-likeness (QED) is 0.764. The molecule has 110 valence electrons. The van der Waals surface area contributed by atoms with Crippen molar-refractivity contribution in [2.45, 2.75) is 32.7 Å². The fourth-order valence-electron chi connectivity index (χ4n) is 1.93. The number of thiazole rings is 1. The van der Waals surface area contributed by atoms with Gasteiger partial charge in [-0.3, -0.25) is 0 Å². The number of nitrogens with one attached hydrogen (secondary N) is 1. The zero-order chi connectivity index (χ0) is 14.5. The molecule has 1 aromatic carbocycles. The molecule has 0 saturated carbocycles. The molecule has 0 spiro atoms. The molecule has 0 unspecified atom stereocenters. The van der Waals surface area contributed by atoms with Crippen LogP contribution in [0.2, 0.25) is 5.02 Å². The Hall–Kier alpha value is -0.840. The predicted octanol–water partition coefficient (Wildman–Crippen LogP) is 4.48. The first-order valence-electron chi connectivity index (χ1n) is 7.07. The molecule has 2 rings (SSSR count). The van der Waals surface area contributed by atoms with Crippen LogP contribution in [0.4, 0.5) is 5.13 Å². The minimum atomic E-state index is 0.620. The summed E-state index contributed by atoms with van der Waals surface area (Å²) in [6.07, 6.45) is 2.36. The van der Waals surface area contributed by atoms with E-state index in [9.17, 15) is 0 Å². The monoisotopic (exact) mass is 311 g/mol. The highest BCUT2D eigenvalue weighted by molar-refractivity contribution is 7.22. The van der Waals surface area contributed by atoms with Gasteiger partial charge < -0.3 is 10.2 Å². The van der Waals surface area contributed by atoms with Crippen LogP contribution in [0.1, 0.15) is 26.7 Å². The molecule has 1 aromatic heterocycles. The molecular formula is C15H22ClN3S. The van der Waals surface area contributed by atoms with E-state index in [0.29, 0.717) is 6.04 Å². The second kappa shape index (κ2) is 7.25. The van der Waals surface area contributed by atoms with Gasteiger partial charge in [0.1, 0.15) is 0 Å². The van der Waals surface area contributed by atoms with Crippen molar-refractivity contribution in [3.63, 3.8) is 0 Å². The van der Waals surface area contributed by atoms with Crippen molar-refractivity contribution in [2.75, 3.05) is 25.5 Å². The molecule has 0 aliphatic carbocycles. The van der Waals surface area contributed by atoms with E-state index in [2.05, 4.69) is 36.1 Å². The van der Waals surface area contributed by atoms with Crippen LogP contribution in [0, 0.1) is 0 Å². The molecule has 1 N–H and O–H groups in total. The lowest BCUT2D eigenvalue weighted by atomic mass is 10.2. The SMILES string of the molecule is CC(C)N(C)CCCCNc1nc2cccc(Cl)c2s1. The van der Waals surface area contributed by atoms with E-state index in [1.807, 2.05) is 18.2 Å². The van der Waals surface area contributed by atoms with E-state index in [1.54, 1.807) is 11.3 Å². The fourth-order valence-corrected chi connectivity index (χ4v) is 3.11. The summed E-state index contributed by atoms with van der Waals surface area (Å²) < 4.78 is 1.07. The third kappa shape index (κ3) is 4.08. The van der Waals surface area contributed by atoms with Crippen molar-refractivity contribution in [1.82, 2.24) is 9.88 Å². The first-order chi connectivity index (χ1) is 9.58. The molecule has 2 aromatic rings. The average Bonchev–Trinajstić information content (AvgIpc) is 2.82. The Morgan fingerprint density at radius 1 is 1.35 bits per heavy atom. The van der Waals surface area contributed by atoms with Crippen LogP contribution in [-0.2, 0) is 0 Å². The minimum absolute atomic E-state index is 0.620. The summed E-state index contributed by atoms with van der Waals surface area (Å²) >= 11 is 7.78. The van der Waals surface area contributed by atoms with Crippen molar-refractivity contribution in [3.8, 4) is 0 Å². The van der Waals surface area contributed by atoms with Crippen LogP contribution in [0.3, 0.4) is 0 Å². The maximum Gasteiger partial charge on any atom is 0.183 e. The summed E-state index contributed by atoms with van der Waals surface area (Å²) in [7, 11) is 2.17. The summed E-state index contributed by atoms with van der Waals surface area (Å²) in [6.45, 7) is 6.56. The van der Waals surface area contributed by atoms with Crippen molar-refractivity contribution < 1.29 is 0 Å². The number of fused-ring (bicyclic) bond motifs is 1. The van der Waals surface area contributed by atoms with Gasteiger partial charge in [0.25, 0.3) is 0 Å². The van der Waals surface area contributed by atoms with Crippen molar-refractivity contribution >= 4 is 38.3 Å². The zero-order valence-electron chi connectivity index (χ0n) is 12.3. The topological polar surface area (TPSA) is 28.2 Å². The highest BCUT2D eigenvalue weighted by atomic mass is 35.5. The van der Waals surface area contributed by atoms with Gasteiger partial charge in [-0.25, -0.2) is 4.98 Å². The van der Waals surface area contributed by atoms with Crippen LogP contribution in [0.15, 0.2) is 18.2 Å². The molecule has 0 aliphatic heterocycles. The van der Waals surface area contributed by atoms with Crippen molar-refractivity contribution in [1.29, 1.82) is 0 Å². The summed E-state index contributed by atoms with van der Waals surface area (Å²) in [6, 6.07) is 6.47. The van der Waals surface area contributed by atoms with E-state index in [-0.39, 0.29) is 0 Å². The number of anilines is 1. The number of nitrogens with zero attached hydrogens (tertiary/aromatic N) is 2. The van der Waals surface area contributed by atoms with Crippen LogP contribution in [0.25, 0.3) is 10.2 Å². The molecule has 0 atom stereocenters. The summed E-state index contributed by atoms with van der Waals surface area (Å²) in [4.78, 5) is 6.92. The molecule has 0 radical (unpaired) electrons. The van der Waals surface area contributed by atoms with Crippen LogP contribution >= 0.6 is 22.9 Å². The van der Waals surface area contributed by atoms with Crippen LogP contribution < -0.4 is 5.32 Å². The predicted molar refractivity (Wildman–Crippen MR) is 90.1 cm³/mol. The largest absolute Gasteiger partial charge is 0.361 e. The molecule has 5 heteroatoms. The van der Waals surface area contributed by atoms with Gasteiger partial charge >= 0.3 is 0 Å². The van der Waals surface area contributed by atoms with E-state index in [4.69, 9.17) is 11.6 Å². The van der Waals surface area contributed by atoms with Gasteiger partial charge in [-0.1, -0.05) is 29.0 Å². The fraction of sp³-hybridized carbons (Fsp3) is 0.533. The van der Waals surface area contributed by atoms with Gasteiger partial charge in [-0.05, 0) is 52.4 Å². The lowest BCUT2D eigenvalue weighted by Crippen LogP contribution is -2.27. The maximum atomic E-state index is 6.16. The Morgan fingerprint density at radius 2 is 2.15 bits per heavy atom. The Balaban J connectivity index is 1.77. The molecule has 0 fully saturated rings. The third-order valence-electron chi connectivity index (χ3n) is 3.46. The Kier molecular flexibility index (Phi) is 5.64. The molecule has 0 aliphatic rings. The number of benzene rings is 1. The lowest BCUT2D eigenvalue weighted by Gasteiger charge is -2.20. The summed E-state index contributed by atoms with van der Waals surface area (Å²) in [5, 5.41) is 5.14. The van der Waals surface area contributed by atoms with Gasteiger partial charge in [0, 0.05) is 12.6 Å².